The van der Waals surface area contributed by atoms with E-state index in [0.717, 1.165) is 0 Å². The van der Waals surface area contributed by atoms with Crippen LogP contribution >= 0.6 is 15.9 Å². The number of pyridine rings is 1. The number of nitrogens with zero attached hydrogens (tertiary/aromatic N) is 1. The van der Waals surface area contributed by atoms with E-state index in [1.807, 2.05) is 0 Å². The van der Waals surface area contributed by atoms with Crippen LogP contribution in [0.15, 0.2) is 21.6 Å². The third-order valence-corrected chi connectivity index (χ3v) is 4.63. The fraction of sp³-hybridized carbons (Fsp3) is 0.400. The summed E-state index contributed by atoms with van der Waals surface area (Å²) in [4.78, 5) is 14.7. The second-order valence-electron chi connectivity index (χ2n) is 4.19. The number of carbonyl (C=O) groups excluding carboxylic acids is 1. The maximum absolute atomic E-state index is 12.1. The molecule has 0 radical (unpaired) electrons. The summed E-state index contributed by atoms with van der Waals surface area (Å²) in [5.41, 5.74) is 5.56. The zero-order valence-corrected chi connectivity index (χ0v) is 12.3. The Morgan fingerprint density at radius 3 is 2.95 bits per heavy atom. The highest BCUT2D eigenvalue weighted by molar-refractivity contribution is 9.10. The molecule has 2 heterocycles. The Morgan fingerprint density at radius 1 is 1.58 bits per heavy atom. The normalized spacial score (nSPS) is 19.4. The highest BCUT2D eigenvalue weighted by Crippen LogP contribution is 2.20. The molecule has 1 fully saturated rings. The number of nitrogens with two attached hydrogens (primary N) is 1. The number of nitrogens with one attached hydrogen (secondary N) is 2. The molecule has 9 heteroatoms. The molecule has 1 aliphatic rings. The molecule has 7 nitrogen and oxygen atoms in total. The van der Waals surface area contributed by atoms with Crippen molar-refractivity contribution < 1.29 is 13.2 Å². The Labute approximate surface area is 119 Å². The van der Waals surface area contributed by atoms with Crippen LogP contribution in [0.2, 0.25) is 0 Å². The zero-order valence-electron chi connectivity index (χ0n) is 9.89. The average molecular weight is 349 g/mol. The molecule has 1 aromatic heterocycles. The average Bonchev–Trinajstić information content (AvgIpc) is 2.76. The minimum atomic E-state index is -3.74. The van der Waals surface area contributed by atoms with Crippen LogP contribution in [-0.4, -0.2) is 31.9 Å². The van der Waals surface area contributed by atoms with Gasteiger partial charge in [0, 0.05) is 29.7 Å². The Morgan fingerprint density at radius 2 is 2.32 bits per heavy atom. The van der Waals surface area contributed by atoms with Crippen LogP contribution in [0.3, 0.4) is 0 Å². The van der Waals surface area contributed by atoms with Gasteiger partial charge in [0.15, 0.2) is 0 Å². The van der Waals surface area contributed by atoms with Crippen molar-refractivity contribution in [1.82, 2.24) is 15.0 Å². The lowest BCUT2D eigenvalue weighted by atomic mass is 10.2. The number of sulfonamides is 1. The first-order chi connectivity index (χ1) is 8.88. The van der Waals surface area contributed by atoms with Gasteiger partial charge in [-0.15, -0.1) is 0 Å². The van der Waals surface area contributed by atoms with Crippen molar-refractivity contribution >= 4 is 37.7 Å². The molecule has 1 unspecified atom stereocenters. The molecule has 1 amide bonds. The van der Waals surface area contributed by atoms with Gasteiger partial charge in [-0.25, -0.2) is 18.1 Å². The van der Waals surface area contributed by atoms with Crippen molar-refractivity contribution in [1.29, 1.82) is 0 Å². The van der Waals surface area contributed by atoms with E-state index in [1.165, 1.54) is 12.3 Å². The predicted octanol–water partition coefficient (Wildman–Crippen LogP) is -0.0168. The second-order valence-corrected chi connectivity index (χ2v) is 6.84. The van der Waals surface area contributed by atoms with Gasteiger partial charge in [-0.05, 0) is 28.4 Å². The Balaban J connectivity index is 2.10. The van der Waals surface area contributed by atoms with Crippen LogP contribution in [0, 0.1) is 0 Å². The van der Waals surface area contributed by atoms with Crippen molar-refractivity contribution in [3.8, 4) is 0 Å². The molecule has 1 aliphatic heterocycles. The summed E-state index contributed by atoms with van der Waals surface area (Å²) in [6.07, 6.45) is 2.46. The number of anilines is 1. The van der Waals surface area contributed by atoms with Gasteiger partial charge in [-0.1, -0.05) is 0 Å². The lowest BCUT2D eigenvalue weighted by Crippen LogP contribution is -2.38. The maximum atomic E-state index is 12.1. The van der Waals surface area contributed by atoms with Crippen LogP contribution in [0.4, 0.5) is 5.82 Å². The number of carbonyl (C=O) groups is 1. The van der Waals surface area contributed by atoms with Crippen molar-refractivity contribution in [2.45, 2.75) is 23.8 Å². The summed E-state index contributed by atoms with van der Waals surface area (Å²) in [6.45, 7) is 0.139. The maximum Gasteiger partial charge on any atom is 0.244 e. The van der Waals surface area contributed by atoms with Crippen LogP contribution in [0.1, 0.15) is 12.8 Å². The van der Waals surface area contributed by atoms with Crippen LogP contribution in [-0.2, 0) is 14.8 Å². The van der Waals surface area contributed by atoms with E-state index in [9.17, 15) is 13.2 Å². The number of rotatable bonds is 4. The van der Waals surface area contributed by atoms with Gasteiger partial charge in [0.05, 0.1) is 0 Å². The Kier molecular flexibility index (Phi) is 4.07. The summed E-state index contributed by atoms with van der Waals surface area (Å²) in [5, 5.41) is 2.68. The molecular formula is C10H13BrN4O3S. The number of aromatic nitrogens is 1. The van der Waals surface area contributed by atoms with Gasteiger partial charge in [-0.3, -0.25) is 4.79 Å². The fourth-order valence-electron chi connectivity index (χ4n) is 1.76. The van der Waals surface area contributed by atoms with Crippen LogP contribution in [0.25, 0.3) is 0 Å². The highest BCUT2D eigenvalue weighted by atomic mass is 79.9. The van der Waals surface area contributed by atoms with Crippen LogP contribution in [0.5, 0.6) is 0 Å². The Bertz CT molecular complexity index is 605. The third kappa shape index (κ3) is 3.43. The molecule has 1 aromatic rings. The first-order valence-electron chi connectivity index (χ1n) is 5.58. The number of nitrogen functional groups attached to an aromatic ring is 1. The lowest BCUT2D eigenvalue weighted by Gasteiger charge is -2.12. The summed E-state index contributed by atoms with van der Waals surface area (Å²) >= 11 is 3.15. The smallest absolute Gasteiger partial charge is 0.244 e. The van der Waals surface area contributed by atoms with Gasteiger partial charge in [-0.2, -0.15) is 0 Å². The number of hydrogen-bond acceptors (Lipinski definition) is 5. The summed E-state index contributed by atoms with van der Waals surface area (Å²) in [7, 11) is -3.74. The molecule has 0 spiro atoms. The number of halogens is 1. The monoisotopic (exact) mass is 348 g/mol. The topological polar surface area (TPSA) is 114 Å². The van der Waals surface area contributed by atoms with Gasteiger partial charge in [0.25, 0.3) is 0 Å². The number of hydrogen-bond donors (Lipinski definition) is 3. The summed E-state index contributed by atoms with van der Waals surface area (Å²) in [5.74, 6) is -0.126. The van der Waals surface area contributed by atoms with Gasteiger partial charge >= 0.3 is 0 Å². The summed E-state index contributed by atoms with van der Waals surface area (Å²) < 4.78 is 27.1. The van der Waals surface area contributed by atoms with Crippen molar-refractivity contribution in [3.63, 3.8) is 0 Å². The minimum Gasteiger partial charge on any atom is -0.383 e. The first-order valence-corrected chi connectivity index (χ1v) is 7.86. The van der Waals surface area contributed by atoms with E-state index >= 15 is 0 Å². The standard InChI is InChI=1S/C10H13BrN4O3S/c11-6-3-8(10(12)13-4-6)19(17,18)14-5-7-1-2-9(16)15-7/h3-4,7,14H,1-2,5H2,(H2,12,13)(H,15,16). The summed E-state index contributed by atoms with van der Waals surface area (Å²) in [6, 6.07) is 1.21. The third-order valence-electron chi connectivity index (χ3n) is 2.74. The molecule has 0 aliphatic carbocycles. The quantitative estimate of drug-likeness (QED) is 0.707. The molecule has 0 aromatic carbocycles. The molecule has 19 heavy (non-hydrogen) atoms. The van der Waals surface area contributed by atoms with E-state index in [4.69, 9.17) is 5.73 Å². The highest BCUT2D eigenvalue weighted by Gasteiger charge is 2.24. The van der Waals surface area contributed by atoms with E-state index in [-0.39, 0.29) is 29.2 Å². The van der Waals surface area contributed by atoms with Crippen molar-refractivity contribution in [2.75, 3.05) is 12.3 Å². The van der Waals surface area contributed by atoms with Gasteiger partial charge in [0.1, 0.15) is 10.7 Å². The van der Waals surface area contributed by atoms with Crippen molar-refractivity contribution in [2.24, 2.45) is 0 Å². The van der Waals surface area contributed by atoms with Crippen molar-refractivity contribution in [3.05, 3.63) is 16.7 Å². The lowest BCUT2D eigenvalue weighted by molar-refractivity contribution is -0.119. The SMILES string of the molecule is Nc1ncc(Br)cc1S(=O)(=O)NCC1CCC(=O)N1. The molecule has 1 atom stereocenters. The molecule has 4 N–H and O–H groups in total. The molecule has 0 bridgehead atoms. The molecule has 1 saturated heterocycles. The van der Waals surface area contributed by atoms with Crippen LogP contribution < -0.4 is 15.8 Å². The first kappa shape index (κ1) is 14.2. The van der Waals surface area contributed by atoms with E-state index in [2.05, 4.69) is 31.0 Å². The molecule has 2 rings (SSSR count). The molecular weight excluding hydrogens is 336 g/mol. The van der Waals surface area contributed by atoms with Gasteiger partial charge in [0.2, 0.25) is 15.9 Å². The molecule has 0 saturated carbocycles. The fourth-order valence-corrected chi connectivity index (χ4v) is 3.43. The number of amides is 1. The van der Waals surface area contributed by atoms with E-state index < -0.39 is 10.0 Å². The minimum absolute atomic E-state index is 0.0622. The van der Waals surface area contributed by atoms with E-state index in [0.29, 0.717) is 17.3 Å². The molecule has 104 valence electrons. The predicted molar refractivity (Wildman–Crippen MR) is 72.7 cm³/mol. The second kappa shape index (κ2) is 5.43. The zero-order chi connectivity index (χ0) is 14.0. The van der Waals surface area contributed by atoms with Gasteiger partial charge < -0.3 is 11.1 Å². The van der Waals surface area contributed by atoms with E-state index in [1.54, 1.807) is 0 Å². The Hall–Kier alpha value is -1.19. The largest absolute Gasteiger partial charge is 0.383 e.